The van der Waals surface area contributed by atoms with Crippen LogP contribution in [0.5, 0.6) is 11.5 Å². The van der Waals surface area contributed by atoms with E-state index < -0.39 is 0 Å². The van der Waals surface area contributed by atoms with Gasteiger partial charge in [-0.1, -0.05) is 181 Å². The Hall–Kier alpha value is -0.500. The van der Waals surface area contributed by atoms with Crippen molar-refractivity contribution < 1.29 is 9.47 Å². The summed E-state index contributed by atoms with van der Waals surface area (Å²) in [7, 11) is 0. The Morgan fingerprint density at radius 2 is 0.604 bits per heavy atom. The topological polar surface area (TPSA) is 18.5 Å². The molecule has 0 unspecified atom stereocenters. The standard InChI is InChI=1S/C44H72I2O2/c1-3-5-7-9-11-13-15-17-19-21-23-25-27-29-35-47-43-37-39(45)31-33-41(43)42-34-32-40(46)38-44(42)48-36-30-28-26-24-22-20-18-16-14-12-10-8-6-4-2/h31-34,37-38H,3-30,35-36H2,1-2H3. The third-order valence-electron chi connectivity index (χ3n) is 9.69. The summed E-state index contributed by atoms with van der Waals surface area (Å²) >= 11 is 4.80. The van der Waals surface area contributed by atoms with Gasteiger partial charge < -0.3 is 9.47 Å². The molecule has 0 atom stereocenters. The van der Waals surface area contributed by atoms with Crippen LogP contribution in [0.1, 0.15) is 194 Å². The van der Waals surface area contributed by atoms with Gasteiger partial charge in [0.25, 0.3) is 0 Å². The smallest absolute Gasteiger partial charge is 0.128 e. The Kier molecular flexibility index (Phi) is 28.4. The van der Waals surface area contributed by atoms with Crippen molar-refractivity contribution >= 4 is 45.2 Å². The lowest BCUT2D eigenvalue weighted by Crippen LogP contribution is -2.02. The predicted octanol–water partition coefficient (Wildman–Crippen LogP) is 16.3. The number of hydrogen-bond acceptors (Lipinski definition) is 2. The van der Waals surface area contributed by atoms with Crippen LogP contribution in [-0.4, -0.2) is 13.2 Å². The normalized spacial score (nSPS) is 11.3. The Bertz CT molecular complexity index is 941. The van der Waals surface area contributed by atoms with Crippen molar-refractivity contribution in [1.82, 2.24) is 0 Å². The van der Waals surface area contributed by atoms with Gasteiger partial charge >= 0.3 is 0 Å². The monoisotopic (exact) mass is 886 g/mol. The van der Waals surface area contributed by atoms with Crippen molar-refractivity contribution in [1.29, 1.82) is 0 Å². The lowest BCUT2D eigenvalue weighted by Gasteiger charge is -2.16. The van der Waals surface area contributed by atoms with Crippen LogP contribution in [-0.2, 0) is 0 Å². The minimum atomic E-state index is 0.782. The second-order valence-electron chi connectivity index (χ2n) is 14.2. The highest BCUT2D eigenvalue weighted by atomic mass is 127. The van der Waals surface area contributed by atoms with Crippen LogP contribution in [0.25, 0.3) is 11.1 Å². The first-order valence-corrected chi connectivity index (χ1v) is 22.7. The fourth-order valence-electron chi connectivity index (χ4n) is 6.63. The van der Waals surface area contributed by atoms with Crippen LogP contribution in [0.15, 0.2) is 36.4 Å². The van der Waals surface area contributed by atoms with Gasteiger partial charge in [-0.05, 0) is 94.4 Å². The van der Waals surface area contributed by atoms with Crippen molar-refractivity contribution in [3.05, 3.63) is 43.5 Å². The number of halogens is 2. The average molecular weight is 887 g/mol. The number of unbranched alkanes of at least 4 members (excludes halogenated alkanes) is 26. The molecular weight excluding hydrogens is 814 g/mol. The lowest BCUT2D eigenvalue weighted by molar-refractivity contribution is 0.301. The van der Waals surface area contributed by atoms with Gasteiger partial charge in [-0.25, -0.2) is 0 Å². The fourth-order valence-corrected chi connectivity index (χ4v) is 7.56. The zero-order chi connectivity index (χ0) is 34.3. The zero-order valence-electron chi connectivity index (χ0n) is 31.2. The van der Waals surface area contributed by atoms with Gasteiger partial charge in [0.2, 0.25) is 0 Å². The van der Waals surface area contributed by atoms with Crippen LogP contribution in [0, 0.1) is 7.14 Å². The molecule has 0 N–H and O–H groups in total. The minimum Gasteiger partial charge on any atom is -0.493 e. The molecule has 2 rings (SSSR count). The van der Waals surface area contributed by atoms with E-state index in [9.17, 15) is 0 Å². The molecule has 0 aromatic heterocycles. The lowest BCUT2D eigenvalue weighted by atomic mass is 10.0. The molecule has 0 saturated carbocycles. The molecule has 0 aliphatic heterocycles. The fraction of sp³-hybridized carbons (Fsp3) is 0.727. The largest absolute Gasteiger partial charge is 0.493 e. The highest BCUT2D eigenvalue weighted by molar-refractivity contribution is 14.1. The molecule has 2 nitrogen and oxygen atoms in total. The molecule has 0 aliphatic rings. The van der Waals surface area contributed by atoms with Crippen LogP contribution in [0.2, 0.25) is 0 Å². The van der Waals surface area contributed by atoms with E-state index in [1.54, 1.807) is 0 Å². The Balaban J connectivity index is 1.63. The van der Waals surface area contributed by atoms with Crippen molar-refractivity contribution in [2.75, 3.05) is 13.2 Å². The number of ether oxygens (including phenoxy) is 2. The molecule has 2 aromatic rings. The Morgan fingerprint density at radius 1 is 0.354 bits per heavy atom. The summed E-state index contributed by atoms with van der Waals surface area (Å²) in [6, 6.07) is 13.2. The molecule has 0 spiro atoms. The second-order valence-corrected chi connectivity index (χ2v) is 16.7. The summed E-state index contributed by atoms with van der Waals surface area (Å²) in [5.41, 5.74) is 2.29. The average Bonchev–Trinajstić information content (AvgIpc) is 3.08. The van der Waals surface area contributed by atoms with E-state index in [-0.39, 0.29) is 0 Å². The van der Waals surface area contributed by atoms with Gasteiger partial charge in [0, 0.05) is 18.3 Å². The number of benzene rings is 2. The van der Waals surface area contributed by atoms with Crippen molar-refractivity contribution in [3.8, 4) is 22.6 Å². The molecule has 48 heavy (non-hydrogen) atoms. The minimum absolute atomic E-state index is 0.782. The van der Waals surface area contributed by atoms with E-state index in [0.29, 0.717) is 0 Å². The molecule has 0 bridgehead atoms. The summed E-state index contributed by atoms with van der Waals surface area (Å²) in [5, 5.41) is 0. The molecule has 2 aromatic carbocycles. The van der Waals surface area contributed by atoms with Gasteiger partial charge in [-0.3, -0.25) is 0 Å². The molecule has 0 amide bonds. The highest BCUT2D eigenvalue weighted by Crippen LogP contribution is 2.38. The first-order valence-electron chi connectivity index (χ1n) is 20.5. The first kappa shape index (κ1) is 43.7. The maximum absolute atomic E-state index is 6.43. The van der Waals surface area contributed by atoms with Crippen molar-refractivity contribution in [3.63, 3.8) is 0 Å². The zero-order valence-corrected chi connectivity index (χ0v) is 35.6. The van der Waals surface area contributed by atoms with E-state index in [0.717, 1.165) is 48.7 Å². The molecule has 0 heterocycles. The van der Waals surface area contributed by atoms with Crippen LogP contribution in [0.4, 0.5) is 0 Å². The quantitative estimate of drug-likeness (QED) is 0.0525. The van der Waals surface area contributed by atoms with Gasteiger partial charge in [0.05, 0.1) is 13.2 Å². The predicted molar refractivity (Wildman–Crippen MR) is 229 cm³/mol. The van der Waals surface area contributed by atoms with E-state index >= 15 is 0 Å². The summed E-state index contributed by atoms with van der Waals surface area (Å²) < 4.78 is 15.3. The van der Waals surface area contributed by atoms with Crippen molar-refractivity contribution in [2.45, 2.75) is 194 Å². The van der Waals surface area contributed by atoms with Crippen LogP contribution >= 0.6 is 45.2 Å². The number of rotatable bonds is 33. The molecular formula is C44H72I2O2. The molecule has 0 radical (unpaired) electrons. The van der Waals surface area contributed by atoms with E-state index in [2.05, 4.69) is 95.4 Å². The van der Waals surface area contributed by atoms with Gasteiger partial charge in [-0.15, -0.1) is 0 Å². The maximum Gasteiger partial charge on any atom is 0.128 e. The maximum atomic E-state index is 6.43. The molecule has 0 fully saturated rings. The number of hydrogen-bond donors (Lipinski definition) is 0. The van der Waals surface area contributed by atoms with Crippen molar-refractivity contribution in [2.24, 2.45) is 0 Å². The SMILES string of the molecule is CCCCCCCCCCCCCCCCOc1cc(I)ccc1-c1ccc(I)cc1OCCCCCCCCCCCCCCCC. The second kappa shape index (κ2) is 31.3. The van der Waals surface area contributed by atoms with E-state index in [4.69, 9.17) is 9.47 Å². The first-order chi connectivity index (χ1) is 23.7. The molecule has 274 valence electrons. The molecule has 4 heteroatoms. The van der Waals surface area contributed by atoms with E-state index in [1.807, 2.05) is 0 Å². The third-order valence-corrected chi connectivity index (χ3v) is 11.0. The van der Waals surface area contributed by atoms with Crippen LogP contribution < -0.4 is 9.47 Å². The third kappa shape index (κ3) is 22.3. The van der Waals surface area contributed by atoms with Gasteiger partial charge in [0.1, 0.15) is 11.5 Å². The van der Waals surface area contributed by atoms with Crippen LogP contribution in [0.3, 0.4) is 0 Å². The van der Waals surface area contributed by atoms with Gasteiger partial charge in [-0.2, -0.15) is 0 Å². The van der Waals surface area contributed by atoms with E-state index in [1.165, 1.54) is 174 Å². The Labute approximate surface area is 325 Å². The summed E-state index contributed by atoms with van der Waals surface area (Å²) in [4.78, 5) is 0. The summed E-state index contributed by atoms with van der Waals surface area (Å²) in [6.45, 7) is 6.16. The van der Waals surface area contributed by atoms with Gasteiger partial charge in [0.15, 0.2) is 0 Å². The molecule has 0 aliphatic carbocycles. The highest BCUT2D eigenvalue weighted by Gasteiger charge is 2.14. The molecule has 0 saturated heterocycles. The Morgan fingerprint density at radius 3 is 0.875 bits per heavy atom. The summed E-state index contributed by atoms with van der Waals surface area (Å²) in [6.07, 6.45) is 38.6. The summed E-state index contributed by atoms with van der Waals surface area (Å²) in [5.74, 6) is 1.97.